The second-order valence-electron chi connectivity index (χ2n) is 3.98. The first-order valence-electron chi connectivity index (χ1n) is 5.48. The van der Waals surface area contributed by atoms with Gasteiger partial charge in [0, 0.05) is 11.7 Å². The number of benzene rings is 1. The van der Waals surface area contributed by atoms with Crippen molar-refractivity contribution in [3.63, 3.8) is 0 Å². The van der Waals surface area contributed by atoms with Crippen LogP contribution in [0.4, 0.5) is 5.69 Å². The molecule has 0 aliphatic rings. The highest BCUT2D eigenvalue weighted by atomic mass is 16.5. The average Bonchev–Trinajstić information content (AvgIpc) is 2.26. The molecule has 4 nitrogen and oxygen atoms in total. The number of rotatable bonds is 5. The molecule has 1 aromatic rings. The minimum atomic E-state index is -0.189. The molecular weight excluding hydrogens is 216 g/mol. The molecule has 0 bridgehead atoms. The second kappa shape index (κ2) is 5.94. The SMILES string of the molecule is C=CCOc1ccc(N)cc1C(=O)NC(C)C. The molecule has 3 N–H and O–H groups in total. The van der Waals surface area contributed by atoms with Crippen LogP contribution in [0.2, 0.25) is 0 Å². The Morgan fingerprint density at radius 1 is 1.59 bits per heavy atom. The van der Waals surface area contributed by atoms with Crippen LogP contribution in [0.15, 0.2) is 30.9 Å². The summed E-state index contributed by atoms with van der Waals surface area (Å²) in [5, 5.41) is 2.80. The zero-order valence-corrected chi connectivity index (χ0v) is 10.2. The van der Waals surface area contributed by atoms with Crippen molar-refractivity contribution in [2.75, 3.05) is 12.3 Å². The van der Waals surface area contributed by atoms with Crippen molar-refractivity contribution < 1.29 is 9.53 Å². The molecule has 0 aliphatic heterocycles. The number of nitrogens with one attached hydrogen (secondary N) is 1. The summed E-state index contributed by atoms with van der Waals surface area (Å²) in [7, 11) is 0. The molecule has 0 aromatic heterocycles. The van der Waals surface area contributed by atoms with Gasteiger partial charge in [-0.1, -0.05) is 12.7 Å². The molecule has 0 radical (unpaired) electrons. The zero-order valence-electron chi connectivity index (χ0n) is 10.2. The summed E-state index contributed by atoms with van der Waals surface area (Å²) in [6, 6.07) is 5.06. The van der Waals surface area contributed by atoms with Gasteiger partial charge in [-0.2, -0.15) is 0 Å². The molecular formula is C13H18N2O2. The van der Waals surface area contributed by atoms with Crippen LogP contribution in [-0.2, 0) is 0 Å². The summed E-state index contributed by atoms with van der Waals surface area (Å²) in [4.78, 5) is 11.9. The number of anilines is 1. The number of carbonyl (C=O) groups is 1. The summed E-state index contributed by atoms with van der Waals surface area (Å²) in [6.07, 6.45) is 1.63. The van der Waals surface area contributed by atoms with E-state index in [1.807, 2.05) is 13.8 Å². The molecule has 92 valence electrons. The van der Waals surface area contributed by atoms with E-state index >= 15 is 0 Å². The van der Waals surface area contributed by atoms with Gasteiger partial charge < -0.3 is 15.8 Å². The van der Waals surface area contributed by atoms with E-state index in [2.05, 4.69) is 11.9 Å². The molecule has 0 saturated carbocycles. The zero-order chi connectivity index (χ0) is 12.8. The number of nitrogen functional groups attached to an aromatic ring is 1. The summed E-state index contributed by atoms with van der Waals surface area (Å²) >= 11 is 0. The Hall–Kier alpha value is -1.97. The number of ether oxygens (including phenoxy) is 1. The minimum Gasteiger partial charge on any atom is -0.489 e. The van der Waals surface area contributed by atoms with Crippen molar-refractivity contribution in [2.45, 2.75) is 19.9 Å². The summed E-state index contributed by atoms with van der Waals surface area (Å²) in [6.45, 7) is 7.71. The molecule has 0 unspecified atom stereocenters. The van der Waals surface area contributed by atoms with Crippen molar-refractivity contribution in [3.8, 4) is 5.75 Å². The van der Waals surface area contributed by atoms with Gasteiger partial charge in [0.05, 0.1) is 5.56 Å². The largest absolute Gasteiger partial charge is 0.489 e. The molecule has 1 rings (SSSR count). The van der Waals surface area contributed by atoms with Crippen molar-refractivity contribution in [1.82, 2.24) is 5.32 Å². The third kappa shape index (κ3) is 3.83. The fourth-order valence-corrected chi connectivity index (χ4v) is 1.34. The molecule has 4 heteroatoms. The van der Waals surface area contributed by atoms with Crippen LogP contribution in [0.25, 0.3) is 0 Å². The molecule has 0 aliphatic carbocycles. The smallest absolute Gasteiger partial charge is 0.255 e. The molecule has 1 aromatic carbocycles. The first kappa shape index (κ1) is 13.1. The van der Waals surface area contributed by atoms with Crippen molar-refractivity contribution in [3.05, 3.63) is 36.4 Å². The summed E-state index contributed by atoms with van der Waals surface area (Å²) < 4.78 is 5.41. The number of amides is 1. The monoisotopic (exact) mass is 234 g/mol. The third-order valence-electron chi connectivity index (χ3n) is 2.02. The molecule has 1 amide bonds. The van der Waals surface area contributed by atoms with E-state index in [1.54, 1.807) is 24.3 Å². The molecule has 0 spiro atoms. The van der Waals surface area contributed by atoms with Gasteiger partial charge in [-0.25, -0.2) is 0 Å². The number of hydrogen-bond donors (Lipinski definition) is 2. The lowest BCUT2D eigenvalue weighted by Gasteiger charge is -2.13. The van der Waals surface area contributed by atoms with Gasteiger partial charge in [0.2, 0.25) is 0 Å². The average molecular weight is 234 g/mol. The summed E-state index contributed by atoms with van der Waals surface area (Å²) in [5.74, 6) is 0.323. The van der Waals surface area contributed by atoms with E-state index in [0.717, 1.165) is 0 Å². The first-order chi connectivity index (χ1) is 8.04. The Labute approximate surface area is 101 Å². The Kier molecular flexibility index (Phi) is 4.57. The lowest BCUT2D eigenvalue weighted by molar-refractivity contribution is 0.0939. The Morgan fingerprint density at radius 3 is 2.88 bits per heavy atom. The standard InChI is InChI=1S/C13H18N2O2/c1-4-7-17-12-6-5-10(14)8-11(12)13(16)15-9(2)3/h4-6,8-9H,1,7,14H2,2-3H3,(H,15,16). The predicted molar refractivity (Wildman–Crippen MR) is 69.1 cm³/mol. The van der Waals surface area contributed by atoms with Crippen LogP contribution in [0.5, 0.6) is 5.75 Å². The molecule has 0 atom stereocenters. The van der Waals surface area contributed by atoms with Crippen molar-refractivity contribution in [1.29, 1.82) is 0 Å². The van der Waals surface area contributed by atoms with Crippen molar-refractivity contribution in [2.24, 2.45) is 0 Å². The summed E-state index contributed by atoms with van der Waals surface area (Å²) in [5.41, 5.74) is 6.65. The van der Waals surface area contributed by atoms with E-state index in [4.69, 9.17) is 10.5 Å². The number of hydrogen-bond acceptors (Lipinski definition) is 3. The lowest BCUT2D eigenvalue weighted by atomic mass is 10.1. The Balaban J connectivity index is 2.97. The van der Waals surface area contributed by atoms with E-state index < -0.39 is 0 Å². The van der Waals surface area contributed by atoms with E-state index in [0.29, 0.717) is 23.6 Å². The third-order valence-corrected chi connectivity index (χ3v) is 2.02. The van der Waals surface area contributed by atoms with E-state index in [9.17, 15) is 4.79 Å². The van der Waals surface area contributed by atoms with Crippen LogP contribution in [0, 0.1) is 0 Å². The Bertz CT molecular complexity index is 414. The fourth-order valence-electron chi connectivity index (χ4n) is 1.34. The van der Waals surface area contributed by atoms with Crippen LogP contribution in [-0.4, -0.2) is 18.6 Å². The van der Waals surface area contributed by atoms with Crippen molar-refractivity contribution >= 4 is 11.6 Å². The van der Waals surface area contributed by atoms with E-state index in [1.165, 1.54) is 0 Å². The minimum absolute atomic E-state index is 0.0659. The highest BCUT2D eigenvalue weighted by Crippen LogP contribution is 2.21. The topological polar surface area (TPSA) is 64.3 Å². The number of nitrogens with two attached hydrogens (primary N) is 1. The molecule has 17 heavy (non-hydrogen) atoms. The van der Waals surface area contributed by atoms with Gasteiger partial charge in [0.1, 0.15) is 12.4 Å². The maximum absolute atomic E-state index is 11.9. The van der Waals surface area contributed by atoms with Gasteiger partial charge in [0.25, 0.3) is 5.91 Å². The van der Waals surface area contributed by atoms with Gasteiger partial charge in [-0.3, -0.25) is 4.79 Å². The molecule has 0 saturated heterocycles. The second-order valence-corrected chi connectivity index (χ2v) is 3.98. The highest BCUT2D eigenvalue weighted by molar-refractivity contribution is 5.97. The normalized spacial score (nSPS) is 10.1. The van der Waals surface area contributed by atoms with E-state index in [-0.39, 0.29) is 11.9 Å². The quantitative estimate of drug-likeness (QED) is 0.604. The maximum Gasteiger partial charge on any atom is 0.255 e. The van der Waals surface area contributed by atoms with Crippen LogP contribution in [0.3, 0.4) is 0 Å². The fraction of sp³-hybridized carbons (Fsp3) is 0.308. The van der Waals surface area contributed by atoms with Gasteiger partial charge in [0.15, 0.2) is 0 Å². The highest BCUT2D eigenvalue weighted by Gasteiger charge is 2.13. The van der Waals surface area contributed by atoms with Gasteiger partial charge >= 0.3 is 0 Å². The van der Waals surface area contributed by atoms with Crippen LogP contribution >= 0.6 is 0 Å². The lowest BCUT2D eigenvalue weighted by Crippen LogP contribution is -2.30. The van der Waals surface area contributed by atoms with Gasteiger partial charge in [-0.15, -0.1) is 0 Å². The Morgan fingerprint density at radius 2 is 2.29 bits per heavy atom. The predicted octanol–water partition coefficient (Wildman–Crippen LogP) is 1.97. The van der Waals surface area contributed by atoms with Gasteiger partial charge in [-0.05, 0) is 32.0 Å². The van der Waals surface area contributed by atoms with Crippen LogP contribution < -0.4 is 15.8 Å². The van der Waals surface area contributed by atoms with Crippen LogP contribution in [0.1, 0.15) is 24.2 Å². The maximum atomic E-state index is 11.9. The molecule has 0 heterocycles. The first-order valence-corrected chi connectivity index (χ1v) is 5.48. The number of carbonyl (C=O) groups excluding carboxylic acids is 1. The molecule has 0 fully saturated rings.